The molecule has 0 aromatic carbocycles. The first-order valence-electron chi connectivity index (χ1n) is 5.48. The summed E-state index contributed by atoms with van der Waals surface area (Å²) < 4.78 is 36.7. The zero-order valence-electron chi connectivity index (χ0n) is 10.3. The number of rotatable bonds is 3. The maximum Gasteiger partial charge on any atom is 0.390 e. The monoisotopic (exact) mass is 309 g/mol. The highest BCUT2D eigenvalue weighted by molar-refractivity contribution is 7.18. The molecule has 0 fully saturated rings. The molecule has 2 rings (SSSR count). The van der Waals surface area contributed by atoms with Gasteiger partial charge in [-0.3, -0.25) is 0 Å². The predicted molar refractivity (Wildman–Crippen MR) is 71.1 cm³/mol. The first kappa shape index (κ1) is 14.3. The average molecular weight is 310 g/mol. The van der Waals surface area contributed by atoms with E-state index in [9.17, 15) is 13.2 Å². The molecule has 0 bridgehead atoms. The molecule has 0 spiro atoms. The number of fused-ring (bicyclic) bond motifs is 1. The van der Waals surface area contributed by atoms with Crippen molar-refractivity contribution >= 4 is 39.0 Å². The standard InChI is InChI=1S/C11H11ClF3N3S/c1-6-5-7-8(16-10(12)17-9(7)19-6)18(2)4-3-11(13,14)15/h5H,3-4H2,1-2H3. The van der Waals surface area contributed by atoms with Gasteiger partial charge in [0.05, 0.1) is 11.8 Å². The lowest BCUT2D eigenvalue weighted by atomic mass is 10.3. The normalized spacial score (nSPS) is 12.1. The molecule has 0 saturated carbocycles. The van der Waals surface area contributed by atoms with Crippen LogP contribution in [0.15, 0.2) is 6.07 Å². The lowest BCUT2D eigenvalue weighted by Crippen LogP contribution is -2.25. The minimum Gasteiger partial charge on any atom is -0.359 e. The third-order valence-corrected chi connectivity index (χ3v) is 3.67. The fraction of sp³-hybridized carbons (Fsp3) is 0.455. The van der Waals surface area contributed by atoms with Crippen molar-refractivity contribution in [2.24, 2.45) is 0 Å². The Kier molecular flexibility index (Phi) is 3.87. The van der Waals surface area contributed by atoms with Crippen LogP contribution in [0.3, 0.4) is 0 Å². The van der Waals surface area contributed by atoms with Gasteiger partial charge in [-0.2, -0.15) is 18.2 Å². The maximum atomic E-state index is 12.2. The van der Waals surface area contributed by atoms with Crippen LogP contribution in [0.2, 0.25) is 5.28 Å². The van der Waals surface area contributed by atoms with Crippen molar-refractivity contribution in [3.63, 3.8) is 0 Å². The van der Waals surface area contributed by atoms with Gasteiger partial charge >= 0.3 is 6.18 Å². The number of halogens is 4. The largest absolute Gasteiger partial charge is 0.390 e. The molecule has 3 nitrogen and oxygen atoms in total. The Morgan fingerprint density at radius 3 is 2.68 bits per heavy atom. The van der Waals surface area contributed by atoms with E-state index in [-0.39, 0.29) is 11.8 Å². The molecule has 0 radical (unpaired) electrons. The molecule has 0 amide bonds. The first-order chi connectivity index (χ1) is 8.76. The molecule has 0 unspecified atom stereocenters. The van der Waals surface area contributed by atoms with Gasteiger partial charge in [0.1, 0.15) is 10.6 Å². The third kappa shape index (κ3) is 3.48. The summed E-state index contributed by atoms with van der Waals surface area (Å²) in [6.07, 6.45) is -5.08. The van der Waals surface area contributed by atoms with E-state index >= 15 is 0 Å². The zero-order chi connectivity index (χ0) is 14.2. The second kappa shape index (κ2) is 5.13. The summed E-state index contributed by atoms with van der Waals surface area (Å²) >= 11 is 7.24. The van der Waals surface area contributed by atoms with Crippen LogP contribution in [0.5, 0.6) is 0 Å². The van der Waals surface area contributed by atoms with Crippen LogP contribution in [0.1, 0.15) is 11.3 Å². The summed E-state index contributed by atoms with van der Waals surface area (Å²) in [5, 5.41) is 0.778. The third-order valence-electron chi connectivity index (χ3n) is 2.56. The number of hydrogen-bond donors (Lipinski definition) is 0. The van der Waals surface area contributed by atoms with Crippen LogP contribution in [-0.4, -0.2) is 29.7 Å². The van der Waals surface area contributed by atoms with Gasteiger partial charge in [0.15, 0.2) is 0 Å². The van der Waals surface area contributed by atoms with Crippen molar-refractivity contribution < 1.29 is 13.2 Å². The van der Waals surface area contributed by atoms with Gasteiger partial charge in [0.2, 0.25) is 5.28 Å². The van der Waals surface area contributed by atoms with Crippen molar-refractivity contribution in [1.29, 1.82) is 0 Å². The van der Waals surface area contributed by atoms with E-state index < -0.39 is 12.6 Å². The highest BCUT2D eigenvalue weighted by Crippen LogP contribution is 2.31. The molecule has 0 aliphatic rings. The van der Waals surface area contributed by atoms with Crippen molar-refractivity contribution in [2.45, 2.75) is 19.5 Å². The van der Waals surface area contributed by atoms with Crippen LogP contribution < -0.4 is 4.90 Å². The zero-order valence-corrected chi connectivity index (χ0v) is 11.8. The predicted octanol–water partition coefficient (Wildman–Crippen LogP) is 4.04. The number of alkyl halides is 3. The van der Waals surface area contributed by atoms with Gasteiger partial charge in [-0.25, -0.2) is 4.98 Å². The van der Waals surface area contributed by atoms with Gasteiger partial charge in [-0.05, 0) is 24.6 Å². The molecule has 2 aromatic heterocycles. The summed E-state index contributed by atoms with van der Waals surface area (Å²) in [6, 6.07) is 1.86. The fourth-order valence-corrected chi connectivity index (χ4v) is 2.78. The van der Waals surface area contributed by atoms with Crippen LogP contribution in [0.25, 0.3) is 10.2 Å². The average Bonchev–Trinajstić information content (AvgIpc) is 2.63. The number of hydrogen-bond acceptors (Lipinski definition) is 4. The maximum absolute atomic E-state index is 12.2. The summed E-state index contributed by atoms with van der Waals surface area (Å²) in [6.45, 7) is 1.74. The van der Waals surface area contributed by atoms with Crippen LogP contribution in [0.4, 0.5) is 19.0 Å². The molecule has 104 valence electrons. The van der Waals surface area contributed by atoms with E-state index in [0.29, 0.717) is 10.6 Å². The Morgan fingerprint density at radius 1 is 1.37 bits per heavy atom. The quantitative estimate of drug-likeness (QED) is 0.801. The fourth-order valence-electron chi connectivity index (χ4n) is 1.69. The Hall–Kier alpha value is -1.08. The minimum absolute atomic E-state index is 0.0446. The lowest BCUT2D eigenvalue weighted by Gasteiger charge is -2.19. The van der Waals surface area contributed by atoms with E-state index in [1.807, 2.05) is 13.0 Å². The van der Waals surface area contributed by atoms with Crippen molar-refractivity contribution in [3.8, 4) is 0 Å². The Balaban J connectivity index is 2.33. The Morgan fingerprint density at radius 2 is 2.05 bits per heavy atom. The number of thiophene rings is 1. The smallest absolute Gasteiger partial charge is 0.359 e. The van der Waals surface area contributed by atoms with E-state index in [4.69, 9.17) is 11.6 Å². The molecule has 19 heavy (non-hydrogen) atoms. The number of aromatic nitrogens is 2. The van der Waals surface area contributed by atoms with Crippen LogP contribution in [-0.2, 0) is 0 Å². The minimum atomic E-state index is -4.19. The van der Waals surface area contributed by atoms with E-state index in [1.165, 1.54) is 16.2 Å². The van der Waals surface area contributed by atoms with E-state index in [2.05, 4.69) is 9.97 Å². The van der Waals surface area contributed by atoms with Crippen molar-refractivity contribution in [3.05, 3.63) is 16.2 Å². The van der Waals surface area contributed by atoms with Gasteiger partial charge < -0.3 is 4.90 Å². The molecule has 0 atom stereocenters. The molecular weight excluding hydrogens is 299 g/mol. The van der Waals surface area contributed by atoms with Crippen molar-refractivity contribution in [1.82, 2.24) is 9.97 Å². The van der Waals surface area contributed by atoms with Gasteiger partial charge in [-0.15, -0.1) is 11.3 Å². The lowest BCUT2D eigenvalue weighted by molar-refractivity contribution is -0.132. The SMILES string of the molecule is Cc1cc2c(N(C)CCC(F)(F)F)nc(Cl)nc2s1. The molecule has 8 heteroatoms. The molecule has 2 aromatic rings. The Bertz CT molecular complexity index is 597. The molecular formula is C11H11ClF3N3S. The van der Waals surface area contributed by atoms with Gasteiger partial charge in [-0.1, -0.05) is 0 Å². The van der Waals surface area contributed by atoms with Gasteiger partial charge in [0.25, 0.3) is 0 Å². The van der Waals surface area contributed by atoms with Gasteiger partial charge in [0, 0.05) is 18.5 Å². The highest BCUT2D eigenvalue weighted by atomic mass is 35.5. The second-order valence-corrected chi connectivity index (χ2v) is 5.75. The summed E-state index contributed by atoms with van der Waals surface area (Å²) in [5.74, 6) is 0.434. The molecule has 0 aliphatic heterocycles. The number of nitrogens with zero attached hydrogens (tertiary/aromatic N) is 3. The molecule has 2 heterocycles. The van der Waals surface area contributed by atoms with Crippen LogP contribution in [0, 0.1) is 6.92 Å². The van der Waals surface area contributed by atoms with E-state index in [1.54, 1.807) is 7.05 Å². The molecule has 0 saturated heterocycles. The topological polar surface area (TPSA) is 29.0 Å². The first-order valence-corrected chi connectivity index (χ1v) is 6.67. The van der Waals surface area contributed by atoms with E-state index in [0.717, 1.165) is 10.3 Å². The second-order valence-electron chi connectivity index (χ2n) is 4.18. The van der Waals surface area contributed by atoms with Crippen molar-refractivity contribution in [2.75, 3.05) is 18.5 Å². The highest BCUT2D eigenvalue weighted by Gasteiger charge is 2.27. The summed E-state index contributed by atoms with van der Waals surface area (Å²) in [7, 11) is 1.57. The van der Waals surface area contributed by atoms with Crippen LogP contribution >= 0.6 is 22.9 Å². The number of aryl methyl sites for hydroxylation is 1. The summed E-state index contributed by atoms with van der Waals surface area (Å²) in [5.41, 5.74) is 0. The molecule has 0 aliphatic carbocycles. The Labute approximate surface area is 117 Å². The summed E-state index contributed by atoms with van der Waals surface area (Å²) in [4.78, 5) is 11.3. The molecule has 0 N–H and O–H groups in total. The number of anilines is 1.